The molecule has 0 saturated carbocycles. The largest absolute Gasteiger partial charge is 0.368 e. The summed E-state index contributed by atoms with van der Waals surface area (Å²) in [5, 5.41) is 17.6. The Kier molecular flexibility index (Phi) is 4.21. The van der Waals surface area contributed by atoms with E-state index in [1.54, 1.807) is 16.7 Å². The van der Waals surface area contributed by atoms with Crippen LogP contribution in [0.1, 0.15) is 11.1 Å². The summed E-state index contributed by atoms with van der Waals surface area (Å²) >= 11 is 1.50. The standard InChI is InChI=1S/C13H13N5S/c1-2-7-18-12(15)16-17-13(18)19-9-11-6-4-3-5-10(11)8-14/h2-6H,1,7,9H2,(H2,15,16). The molecular weight excluding hydrogens is 258 g/mol. The maximum atomic E-state index is 9.03. The quantitative estimate of drug-likeness (QED) is 0.666. The minimum atomic E-state index is 0.371. The molecule has 0 saturated heterocycles. The van der Waals surface area contributed by atoms with Gasteiger partial charge < -0.3 is 5.73 Å². The van der Waals surface area contributed by atoms with Gasteiger partial charge in [0.1, 0.15) is 0 Å². The summed E-state index contributed by atoms with van der Waals surface area (Å²) in [5.74, 6) is 1.02. The monoisotopic (exact) mass is 271 g/mol. The van der Waals surface area contributed by atoms with Gasteiger partial charge in [-0.25, -0.2) is 0 Å². The number of anilines is 1. The van der Waals surface area contributed by atoms with Gasteiger partial charge in [0.15, 0.2) is 5.16 Å². The lowest BCUT2D eigenvalue weighted by molar-refractivity contribution is 0.733. The second-order valence-electron chi connectivity index (χ2n) is 3.80. The van der Waals surface area contributed by atoms with E-state index in [0.29, 0.717) is 23.8 Å². The molecule has 0 aliphatic rings. The number of benzene rings is 1. The fraction of sp³-hybridized carbons (Fsp3) is 0.154. The van der Waals surface area contributed by atoms with Crippen LogP contribution >= 0.6 is 11.8 Å². The van der Waals surface area contributed by atoms with E-state index in [9.17, 15) is 0 Å². The van der Waals surface area contributed by atoms with Gasteiger partial charge in [-0.3, -0.25) is 4.57 Å². The molecule has 0 aliphatic heterocycles. The highest BCUT2D eigenvalue weighted by Gasteiger charge is 2.10. The number of hydrogen-bond donors (Lipinski definition) is 1. The molecule has 2 N–H and O–H groups in total. The Morgan fingerprint density at radius 1 is 1.42 bits per heavy atom. The van der Waals surface area contributed by atoms with Gasteiger partial charge in [-0.05, 0) is 11.6 Å². The first kappa shape index (κ1) is 13.2. The van der Waals surface area contributed by atoms with Crippen molar-refractivity contribution in [2.24, 2.45) is 0 Å². The van der Waals surface area contributed by atoms with Gasteiger partial charge in [0.05, 0.1) is 11.6 Å². The zero-order chi connectivity index (χ0) is 13.7. The van der Waals surface area contributed by atoms with E-state index >= 15 is 0 Å². The van der Waals surface area contributed by atoms with E-state index in [4.69, 9.17) is 11.0 Å². The lowest BCUT2D eigenvalue weighted by atomic mass is 10.1. The van der Waals surface area contributed by atoms with Crippen LogP contribution in [0.2, 0.25) is 0 Å². The molecule has 0 fully saturated rings. The van der Waals surface area contributed by atoms with Crippen LogP contribution in [0, 0.1) is 11.3 Å². The summed E-state index contributed by atoms with van der Waals surface area (Å²) in [6, 6.07) is 9.69. The molecule has 19 heavy (non-hydrogen) atoms. The van der Waals surface area contributed by atoms with Crippen LogP contribution in [0.3, 0.4) is 0 Å². The van der Waals surface area contributed by atoms with Gasteiger partial charge in [0, 0.05) is 12.3 Å². The third kappa shape index (κ3) is 2.95. The maximum Gasteiger partial charge on any atom is 0.222 e. The van der Waals surface area contributed by atoms with E-state index in [0.717, 1.165) is 10.7 Å². The highest BCUT2D eigenvalue weighted by Crippen LogP contribution is 2.24. The van der Waals surface area contributed by atoms with Crippen molar-refractivity contribution in [2.45, 2.75) is 17.5 Å². The number of nitriles is 1. The van der Waals surface area contributed by atoms with Gasteiger partial charge in [0.25, 0.3) is 0 Å². The Bertz CT molecular complexity index is 626. The predicted octanol–water partition coefficient (Wildman–Crippen LogP) is 2.21. The number of thioether (sulfide) groups is 1. The van der Waals surface area contributed by atoms with Gasteiger partial charge >= 0.3 is 0 Å². The van der Waals surface area contributed by atoms with Crippen molar-refractivity contribution in [1.82, 2.24) is 14.8 Å². The minimum Gasteiger partial charge on any atom is -0.368 e. The molecular formula is C13H13N5S. The number of nitrogens with two attached hydrogens (primary N) is 1. The van der Waals surface area contributed by atoms with Crippen LogP contribution in [0.25, 0.3) is 0 Å². The average molecular weight is 271 g/mol. The van der Waals surface area contributed by atoms with Crippen LogP contribution in [0.4, 0.5) is 5.95 Å². The summed E-state index contributed by atoms with van der Waals surface area (Å²) in [4.78, 5) is 0. The van der Waals surface area contributed by atoms with Crippen LogP contribution in [-0.4, -0.2) is 14.8 Å². The molecule has 1 aromatic carbocycles. The molecule has 1 heterocycles. The van der Waals surface area contributed by atoms with Crippen molar-refractivity contribution in [1.29, 1.82) is 5.26 Å². The Balaban J connectivity index is 2.15. The zero-order valence-electron chi connectivity index (χ0n) is 10.3. The third-order valence-corrected chi connectivity index (χ3v) is 3.57. The summed E-state index contributed by atoms with van der Waals surface area (Å²) in [6.07, 6.45) is 1.74. The molecule has 0 aliphatic carbocycles. The topological polar surface area (TPSA) is 80.5 Å². The van der Waals surface area contributed by atoms with Gasteiger partial charge in [-0.2, -0.15) is 5.26 Å². The molecule has 0 radical (unpaired) electrons. The van der Waals surface area contributed by atoms with Crippen LogP contribution in [0.5, 0.6) is 0 Å². The molecule has 5 nitrogen and oxygen atoms in total. The molecule has 0 unspecified atom stereocenters. The second kappa shape index (κ2) is 6.07. The highest BCUT2D eigenvalue weighted by atomic mass is 32.2. The normalized spacial score (nSPS) is 10.1. The van der Waals surface area contributed by atoms with E-state index in [2.05, 4.69) is 22.8 Å². The molecule has 1 aromatic heterocycles. The number of nitrogen functional groups attached to an aromatic ring is 1. The third-order valence-electron chi connectivity index (χ3n) is 2.55. The highest BCUT2D eigenvalue weighted by molar-refractivity contribution is 7.98. The first-order chi connectivity index (χ1) is 9.26. The molecule has 0 atom stereocenters. The van der Waals surface area contributed by atoms with Crippen LogP contribution in [0.15, 0.2) is 42.1 Å². The van der Waals surface area contributed by atoms with Crippen molar-refractivity contribution in [3.63, 3.8) is 0 Å². The van der Waals surface area contributed by atoms with Crippen molar-refractivity contribution in [2.75, 3.05) is 5.73 Å². The lowest BCUT2D eigenvalue weighted by Gasteiger charge is -2.05. The first-order valence-corrected chi connectivity index (χ1v) is 6.65. The summed E-state index contributed by atoms with van der Waals surface area (Å²) < 4.78 is 1.78. The molecule has 0 spiro atoms. The van der Waals surface area contributed by atoms with Gasteiger partial charge in [0.2, 0.25) is 5.95 Å². The second-order valence-corrected chi connectivity index (χ2v) is 4.74. The molecule has 0 amide bonds. The van der Waals surface area contributed by atoms with E-state index in [-0.39, 0.29) is 0 Å². The number of rotatable bonds is 5. The molecule has 96 valence electrons. The number of aromatic nitrogens is 3. The summed E-state index contributed by atoms with van der Waals surface area (Å²) in [5.41, 5.74) is 7.38. The van der Waals surface area contributed by atoms with Gasteiger partial charge in [-0.15, -0.1) is 16.8 Å². The Hall–Kier alpha value is -2.26. The molecule has 6 heteroatoms. The van der Waals surface area contributed by atoms with Crippen molar-refractivity contribution >= 4 is 17.7 Å². The van der Waals surface area contributed by atoms with E-state index in [1.807, 2.05) is 18.2 Å². The molecule has 2 rings (SSSR count). The average Bonchev–Trinajstić information content (AvgIpc) is 2.78. The molecule has 0 bridgehead atoms. The lowest BCUT2D eigenvalue weighted by Crippen LogP contribution is -2.03. The first-order valence-electron chi connectivity index (χ1n) is 5.66. The minimum absolute atomic E-state index is 0.371. The number of hydrogen-bond acceptors (Lipinski definition) is 5. The maximum absolute atomic E-state index is 9.03. The Morgan fingerprint density at radius 3 is 2.95 bits per heavy atom. The van der Waals surface area contributed by atoms with Gasteiger partial charge in [-0.1, -0.05) is 36.0 Å². The van der Waals surface area contributed by atoms with E-state index < -0.39 is 0 Å². The fourth-order valence-corrected chi connectivity index (χ4v) is 2.56. The molecule has 2 aromatic rings. The Labute approximate surface area is 115 Å². The van der Waals surface area contributed by atoms with Crippen molar-refractivity contribution < 1.29 is 0 Å². The smallest absolute Gasteiger partial charge is 0.222 e. The van der Waals surface area contributed by atoms with Crippen LogP contribution < -0.4 is 5.73 Å². The predicted molar refractivity (Wildman–Crippen MR) is 75.3 cm³/mol. The number of allylic oxidation sites excluding steroid dienone is 1. The SMILES string of the molecule is C=CCn1c(N)nnc1SCc1ccccc1C#N. The summed E-state index contributed by atoms with van der Waals surface area (Å²) in [7, 11) is 0. The Morgan fingerprint density at radius 2 is 2.21 bits per heavy atom. The number of nitrogens with zero attached hydrogens (tertiary/aromatic N) is 4. The van der Waals surface area contributed by atoms with Crippen molar-refractivity contribution in [3.8, 4) is 6.07 Å². The van der Waals surface area contributed by atoms with Crippen molar-refractivity contribution in [3.05, 3.63) is 48.0 Å². The summed E-state index contributed by atoms with van der Waals surface area (Å²) in [6.45, 7) is 4.25. The van der Waals surface area contributed by atoms with Crippen LogP contribution in [-0.2, 0) is 12.3 Å². The van der Waals surface area contributed by atoms with E-state index in [1.165, 1.54) is 11.8 Å². The fourth-order valence-electron chi connectivity index (χ4n) is 1.61. The zero-order valence-corrected chi connectivity index (χ0v) is 11.1.